The minimum absolute atomic E-state index is 0.0778. The first-order valence-electron chi connectivity index (χ1n) is 9.14. The van der Waals surface area contributed by atoms with Gasteiger partial charge in [-0.25, -0.2) is 4.98 Å². The number of hydrogen-bond acceptors (Lipinski definition) is 7. The molecule has 2 N–H and O–H groups in total. The van der Waals surface area contributed by atoms with Crippen molar-refractivity contribution in [1.29, 1.82) is 0 Å². The highest BCUT2D eigenvalue weighted by atomic mass is 35.5. The van der Waals surface area contributed by atoms with Gasteiger partial charge in [-0.2, -0.15) is 0 Å². The number of aromatic hydroxyl groups is 1. The van der Waals surface area contributed by atoms with Crippen LogP contribution in [0, 0.1) is 0 Å². The zero-order valence-electron chi connectivity index (χ0n) is 15.4. The first-order valence-corrected chi connectivity index (χ1v) is 9.52. The summed E-state index contributed by atoms with van der Waals surface area (Å²) in [7, 11) is 0. The molecule has 2 aliphatic rings. The summed E-state index contributed by atoms with van der Waals surface area (Å²) in [6.45, 7) is 0.890. The minimum Gasteiger partial charge on any atom is -0.503 e. The molecular formula is C19H15ClN4O6. The van der Waals surface area contributed by atoms with Crippen molar-refractivity contribution in [2.75, 3.05) is 13.2 Å². The molecule has 2 aliphatic heterocycles. The van der Waals surface area contributed by atoms with Crippen LogP contribution < -0.4 is 10.7 Å². The number of oxazole rings is 1. The van der Waals surface area contributed by atoms with E-state index in [0.29, 0.717) is 29.3 Å². The van der Waals surface area contributed by atoms with Gasteiger partial charge in [-0.1, -0.05) is 11.6 Å². The molecule has 1 fully saturated rings. The summed E-state index contributed by atoms with van der Waals surface area (Å²) in [6.07, 6.45) is 0.768. The largest absolute Gasteiger partial charge is 0.503 e. The van der Waals surface area contributed by atoms with Crippen LogP contribution in [0.4, 0.5) is 0 Å². The Labute approximate surface area is 173 Å². The fraction of sp³-hybridized carbons (Fsp3) is 0.263. The molecule has 1 unspecified atom stereocenters. The van der Waals surface area contributed by atoms with Crippen molar-refractivity contribution in [3.05, 3.63) is 56.8 Å². The molecular weight excluding hydrogens is 416 g/mol. The van der Waals surface area contributed by atoms with Crippen LogP contribution in [-0.4, -0.2) is 50.8 Å². The number of ether oxygens (including phenoxy) is 1. The van der Waals surface area contributed by atoms with Gasteiger partial charge in [-0.05, 0) is 18.2 Å². The van der Waals surface area contributed by atoms with E-state index in [0.717, 1.165) is 0 Å². The number of rotatable bonds is 3. The Kier molecular flexibility index (Phi) is 4.26. The quantitative estimate of drug-likeness (QED) is 0.636. The van der Waals surface area contributed by atoms with Crippen LogP contribution in [0.2, 0.25) is 5.02 Å². The molecule has 30 heavy (non-hydrogen) atoms. The molecule has 154 valence electrons. The van der Waals surface area contributed by atoms with E-state index in [1.54, 1.807) is 18.2 Å². The van der Waals surface area contributed by atoms with Crippen molar-refractivity contribution in [1.82, 2.24) is 19.8 Å². The van der Waals surface area contributed by atoms with E-state index in [1.165, 1.54) is 15.7 Å². The molecule has 1 aromatic carbocycles. The highest BCUT2D eigenvalue weighted by Gasteiger charge is 2.39. The molecule has 2 amide bonds. The summed E-state index contributed by atoms with van der Waals surface area (Å²) < 4.78 is 12.4. The maximum atomic E-state index is 12.6. The highest BCUT2D eigenvalue weighted by molar-refractivity contribution is 6.31. The van der Waals surface area contributed by atoms with E-state index >= 15 is 0 Å². The zero-order chi connectivity index (χ0) is 21.0. The third kappa shape index (κ3) is 2.92. The van der Waals surface area contributed by atoms with Gasteiger partial charge in [0.1, 0.15) is 11.1 Å². The normalized spacial score (nSPS) is 17.8. The lowest BCUT2D eigenvalue weighted by molar-refractivity contribution is 0.00845. The molecule has 3 aromatic rings. The maximum absolute atomic E-state index is 12.6. The fourth-order valence-corrected chi connectivity index (χ4v) is 3.83. The lowest BCUT2D eigenvalue weighted by Crippen LogP contribution is -2.46. The van der Waals surface area contributed by atoms with E-state index in [9.17, 15) is 19.5 Å². The van der Waals surface area contributed by atoms with Crippen molar-refractivity contribution in [2.45, 2.75) is 19.3 Å². The van der Waals surface area contributed by atoms with Crippen LogP contribution in [0.25, 0.3) is 11.1 Å². The van der Waals surface area contributed by atoms with Gasteiger partial charge in [0, 0.05) is 17.8 Å². The van der Waals surface area contributed by atoms with Gasteiger partial charge in [0.05, 0.1) is 19.7 Å². The van der Waals surface area contributed by atoms with Gasteiger partial charge in [0.15, 0.2) is 23.3 Å². The van der Waals surface area contributed by atoms with E-state index in [1.807, 2.05) is 0 Å². The van der Waals surface area contributed by atoms with Crippen molar-refractivity contribution < 1.29 is 23.8 Å². The van der Waals surface area contributed by atoms with Crippen molar-refractivity contribution in [3.63, 3.8) is 0 Å². The van der Waals surface area contributed by atoms with E-state index < -0.39 is 29.2 Å². The third-order valence-electron chi connectivity index (χ3n) is 5.10. The van der Waals surface area contributed by atoms with E-state index in [2.05, 4.69) is 10.3 Å². The number of nitrogens with one attached hydrogen (secondary N) is 1. The Morgan fingerprint density at radius 1 is 1.37 bits per heavy atom. The van der Waals surface area contributed by atoms with E-state index in [-0.39, 0.29) is 30.2 Å². The highest BCUT2D eigenvalue weighted by Crippen LogP contribution is 2.26. The molecule has 0 spiro atoms. The van der Waals surface area contributed by atoms with Crippen LogP contribution in [0.1, 0.15) is 26.7 Å². The second-order valence-electron chi connectivity index (χ2n) is 6.95. The zero-order valence-corrected chi connectivity index (χ0v) is 16.2. The average molecular weight is 431 g/mol. The average Bonchev–Trinajstić information content (AvgIpc) is 3.35. The summed E-state index contributed by atoms with van der Waals surface area (Å²) in [6, 6.07) is 4.95. The van der Waals surface area contributed by atoms with Crippen molar-refractivity contribution in [2.24, 2.45) is 0 Å². The van der Waals surface area contributed by atoms with Crippen LogP contribution in [-0.2, 0) is 17.8 Å². The number of carbonyl (C=O) groups excluding carboxylic acids is 2. The predicted octanol–water partition coefficient (Wildman–Crippen LogP) is 1.09. The molecule has 1 atom stereocenters. The number of aromatic nitrogens is 2. The lowest BCUT2D eigenvalue weighted by Gasteiger charge is -2.31. The molecule has 5 rings (SSSR count). The van der Waals surface area contributed by atoms with Gasteiger partial charge >= 0.3 is 0 Å². The number of fused-ring (bicyclic) bond motifs is 3. The van der Waals surface area contributed by atoms with Gasteiger partial charge in [0.2, 0.25) is 11.3 Å². The first-order chi connectivity index (χ1) is 14.4. The van der Waals surface area contributed by atoms with Crippen molar-refractivity contribution >= 4 is 34.5 Å². The molecule has 11 heteroatoms. The Balaban J connectivity index is 1.41. The van der Waals surface area contributed by atoms with Crippen LogP contribution in [0.5, 0.6) is 5.75 Å². The Bertz CT molecular complexity index is 1270. The molecule has 0 radical (unpaired) electrons. The minimum atomic E-state index is -0.921. The van der Waals surface area contributed by atoms with Gasteiger partial charge in [-0.3, -0.25) is 14.4 Å². The smallest absolute Gasteiger partial charge is 0.276 e. The van der Waals surface area contributed by atoms with Crippen LogP contribution >= 0.6 is 11.6 Å². The Hall–Kier alpha value is -3.37. The molecule has 0 saturated carbocycles. The van der Waals surface area contributed by atoms with Crippen molar-refractivity contribution in [3.8, 4) is 5.75 Å². The maximum Gasteiger partial charge on any atom is 0.276 e. The number of nitrogens with zero attached hydrogens (tertiary/aromatic N) is 3. The second-order valence-corrected chi connectivity index (χ2v) is 7.38. The first kappa shape index (κ1) is 18.6. The van der Waals surface area contributed by atoms with Gasteiger partial charge in [-0.15, -0.1) is 0 Å². The van der Waals surface area contributed by atoms with Crippen LogP contribution in [0.3, 0.4) is 0 Å². The third-order valence-corrected chi connectivity index (χ3v) is 5.34. The summed E-state index contributed by atoms with van der Waals surface area (Å²) >= 11 is 5.92. The molecule has 10 nitrogen and oxygen atoms in total. The number of carbonyl (C=O) groups is 2. The SMILES string of the molecule is O=C(NCc1nc2cc(Cl)ccc2o1)c1cn2c(c(O)c1=O)C(=O)N1CCOC1C2. The van der Waals surface area contributed by atoms with Crippen LogP contribution in [0.15, 0.2) is 33.6 Å². The summed E-state index contributed by atoms with van der Waals surface area (Å²) in [4.78, 5) is 43.4. The standard InChI is InChI=1S/C19H15ClN4O6/c20-9-1-2-12-11(5-9)22-13(30-12)6-21-18(27)10-7-23-8-14-24(3-4-29-14)19(28)15(23)17(26)16(10)25/h1-2,5,7,14,26H,3-4,6,8H2,(H,21,27). The predicted molar refractivity (Wildman–Crippen MR) is 103 cm³/mol. The fourth-order valence-electron chi connectivity index (χ4n) is 3.66. The summed E-state index contributed by atoms with van der Waals surface area (Å²) in [5.41, 5.74) is -0.313. The monoisotopic (exact) mass is 430 g/mol. The number of pyridine rings is 1. The van der Waals surface area contributed by atoms with Gasteiger partial charge in [0.25, 0.3) is 11.8 Å². The molecule has 0 bridgehead atoms. The Morgan fingerprint density at radius 2 is 2.20 bits per heavy atom. The van der Waals surface area contributed by atoms with Gasteiger partial charge < -0.3 is 29.0 Å². The summed E-state index contributed by atoms with van der Waals surface area (Å²) in [5, 5.41) is 13.4. The number of amides is 2. The molecule has 0 aliphatic carbocycles. The van der Waals surface area contributed by atoms with E-state index in [4.69, 9.17) is 20.8 Å². The Morgan fingerprint density at radius 3 is 3.03 bits per heavy atom. The summed E-state index contributed by atoms with van der Waals surface area (Å²) in [5.74, 6) is -1.76. The second kappa shape index (κ2) is 6.85. The molecule has 1 saturated heterocycles. The lowest BCUT2D eigenvalue weighted by atomic mass is 10.1. The molecule has 4 heterocycles. The number of halogens is 1. The number of hydrogen-bond donors (Lipinski definition) is 2. The molecule has 2 aromatic heterocycles. The number of benzene rings is 1. The topological polar surface area (TPSA) is 127 Å².